The van der Waals surface area contributed by atoms with Gasteiger partial charge in [0, 0.05) is 12.1 Å². The zero-order chi connectivity index (χ0) is 15.9. The lowest BCUT2D eigenvalue weighted by molar-refractivity contribution is 0.555. The molecule has 0 radical (unpaired) electrons. The summed E-state index contributed by atoms with van der Waals surface area (Å²) in [6, 6.07) is 7.65. The Morgan fingerprint density at radius 1 is 1.10 bits per heavy atom. The fourth-order valence-corrected chi connectivity index (χ4v) is 3.26. The van der Waals surface area contributed by atoms with E-state index in [1.54, 1.807) is 12.1 Å². The Balaban J connectivity index is 2.57. The molecule has 0 bridgehead atoms. The highest BCUT2D eigenvalue weighted by Crippen LogP contribution is 2.12. The van der Waals surface area contributed by atoms with E-state index >= 15 is 0 Å². The van der Waals surface area contributed by atoms with Gasteiger partial charge in [-0.05, 0) is 50.4 Å². The molecule has 0 saturated heterocycles. The van der Waals surface area contributed by atoms with E-state index < -0.39 is 10.0 Å². The van der Waals surface area contributed by atoms with Crippen LogP contribution in [0.2, 0.25) is 0 Å². The largest absolute Gasteiger partial charge is 0.315 e. The van der Waals surface area contributed by atoms with Crippen molar-refractivity contribution in [2.75, 3.05) is 6.54 Å². The molecule has 0 aliphatic heterocycles. The van der Waals surface area contributed by atoms with Crippen LogP contribution >= 0.6 is 0 Å². The summed E-state index contributed by atoms with van der Waals surface area (Å²) < 4.78 is 26.9. The van der Waals surface area contributed by atoms with E-state index in [4.69, 9.17) is 0 Å². The van der Waals surface area contributed by atoms with Gasteiger partial charge in [0.05, 0.1) is 4.90 Å². The van der Waals surface area contributed by atoms with Gasteiger partial charge in [0.1, 0.15) is 0 Å². The second-order valence-corrected chi connectivity index (χ2v) is 7.50. The van der Waals surface area contributed by atoms with E-state index in [9.17, 15) is 8.42 Å². The second kappa shape index (κ2) is 8.51. The summed E-state index contributed by atoms with van der Waals surface area (Å²) >= 11 is 0. The molecule has 0 fully saturated rings. The Labute approximate surface area is 129 Å². The Kier molecular flexibility index (Phi) is 7.35. The van der Waals surface area contributed by atoms with Crippen molar-refractivity contribution in [3.63, 3.8) is 0 Å². The molecule has 1 rings (SSSR count). The number of nitrogens with one attached hydrogen (secondary N) is 2. The molecule has 1 aromatic rings. The van der Waals surface area contributed by atoms with Crippen molar-refractivity contribution in [3.05, 3.63) is 29.8 Å². The van der Waals surface area contributed by atoms with Gasteiger partial charge in [-0.1, -0.05) is 32.9 Å². The molecule has 0 spiro atoms. The standard InChI is InChI=1S/C16H28N2O2S/c1-5-14(4)18-21(19,20)16-10-8-15(9-11-16)7-6-12-17-13(2)3/h8-11,13-14,17-18H,5-7,12H2,1-4H3. The highest BCUT2D eigenvalue weighted by atomic mass is 32.2. The Hall–Kier alpha value is -0.910. The van der Waals surface area contributed by atoms with Crippen molar-refractivity contribution in [1.82, 2.24) is 10.0 Å². The van der Waals surface area contributed by atoms with E-state index in [0.29, 0.717) is 10.9 Å². The summed E-state index contributed by atoms with van der Waals surface area (Å²) in [5.41, 5.74) is 1.17. The van der Waals surface area contributed by atoms with Gasteiger partial charge >= 0.3 is 0 Å². The molecule has 5 heteroatoms. The summed E-state index contributed by atoms with van der Waals surface area (Å²) in [7, 11) is -3.39. The number of hydrogen-bond acceptors (Lipinski definition) is 3. The first kappa shape index (κ1) is 18.1. The highest BCUT2D eigenvalue weighted by Gasteiger charge is 2.15. The molecule has 0 aromatic heterocycles. The van der Waals surface area contributed by atoms with Crippen LogP contribution in [0.4, 0.5) is 0 Å². The second-order valence-electron chi connectivity index (χ2n) is 5.79. The van der Waals surface area contributed by atoms with E-state index in [0.717, 1.165) is 25.8 Å². The molecule has 2 N–H and O–H groups in total. The Morgan fingerprint density at radius 3 is 2.24 bits per heavy atom. The summed E-state index contributed by atoms with van der Waals surface area (Å²) in [6.07, 6.45) is 2.79. The van der Waals surface area contributed by atoms with Crippen molar-refractivity contribution < 1.29 is 8.42 Å². The topological polar surface area (TPSA) is 58.2 Å². The van der Waals surface area contributed by atoms with Crippen LogP contribution in [0.15, 0.2) is 29.2 Å². The minimum Gasteiger partial charge on any atom is -0.315 e. The molecule has 0 aliphatic carbocycles. The third-order valence-electron chi connectivity index (χ3n) is 3.40. The fourth-order valence-electron chi connectivity index (χ4n) is 1.93. The molecule has 1 atom stereocenters. The van der Waals surface area contributed by atoms with E-state index in [1.807, 2.05) is 26.0 Å². The van der Waals surface area contributed by atoms with Crippen LogP contribution in [-0.2, 0) is 16.4 Å². The maximum absolute atomic E-state index is 12.1. The summed E-state index contributed by atoms with van der Waals surface area (Å²) in [5, 5.41) is 3.37. The summed E-state index contributed by atoms with van der Waals surface area (Å²) in [4.78, 5) is 0.340. The minimum absolute atomic E-state index is 0.0446. The maximum atomic E-state index is 12.1. The van der Waals surface area contributed by atoms with Gasteiger partial charge in [-0.25, -0.2) is 13.1 Å². The SMILES string of the molecule is CCC(C)NS(=O)(=O)c1ccc(CCCNC(C)C)cc1. The number of sulfonamides is 1. The molecule has 0 aliphatic rings. The van der Waals surface area contributed by atoms with Gasteiger partial charge < -0.3 is 5.32 Å². The predicted molar refractivity (Wildman–Crippen MR) is 88.0 cm³/mol. The van der Waals surface area contributed by atoms with Crippen LogP contribution in [0.5, 0.6) is 0 Å². The molecule has 1 aromatic carbocycles. The van der Waals surface area contributed by atoms with Crippen LogP contribution in [-0.4, -0.2) is 27.0 Å². The molecule has 0 saturated carbocycles. The lowest BCUT2D eigenvalue weighted by atomic mass is 10.1. The van der Waals surface area contributed by atoms with Crippen LogP contribution < -0.4 is 10.0 Å². The third-order valence-corrected chi connectivity index (χ3v) is 5.00. The quantitative estimate of drug-likeness (QED) is 0.689. The lowest BCUT2D eigenvalue weighted by Crippen LogP contribution is -2.31. The zero-order valence-electron chi connectivity index (χ0n) is 13.5. The van der Waals surface area contributed by atoms with Crippen molar-refractivity contribution in [2.24, 2.45) is 0 Å². The molecule has 1 unspecified atom stereocenters. The normalized spacial score (nSPS) is 13.6. The Bertz CT molecular complexity index is 510. The number of benzene rings is 1. The van der Waals surface area contributed by atoms with Crippen LogP contribution in [0.1, 0.15) is 46.1 Å². The van der Waals surface area contributed by atoms with Gasteiger partial charge in [-0.2, -0.15) is 0 Å². The molecule has 0 heterocycles. The molecular weight excluding hydrogens is 284 g/mol. The van der Waals surface area contributed by atoms with Crippen molar-refractivity contribution in [1.29, 1.82) is 0 Å². The molecule has 4 nitrogen and oxygen atoms in total. The molecule has 0 amide bonds. The number of aryl methyl sites for hydroxylation is 1. The smallest absolute Gasteiger partial charge is 0.240 e. The van der Waals surface area contributed by atoms with Crippen molar-refractivity contribution in [3.8, 4) is 0 Å². The van der Waals surface area contributed by atoms with Gasteiger partial charge in [0.2, 0.25) is 10.0 Å². The number of rotatable bonds is 9. The lowest BCUT2D eigenvalue weighted by Gasteiger charge is -2.12. The fraction of sp³-hybridized carbons (Fsp3) is 0.625. The van der Waals surface area contributed by atoms with Crippen molar-refractivity contribution in [2.45, 2.75) is 63.9 Å². The predicted octanol–water partition coefficient (Wildman–Crippen LogP) is 2.69. The van der Waals surface area contributed by atoms with Crippen LogP contribution in [0.25, 0.3) is 0 Å². The summed E-state index contributed by atoms with van der Waals surface area (Å²) in [6.45, 7) is 9.07. The van der Waals surface area contributed by atoms with E-state index in [2.05, 4.69) is 23.9 Å². The first-order chi connectivity index (χ1) is 9.85. The first-order valence-corrected chi connectivity index (χ1v) is 9.18. The van der Waals surface area contributed by atoms with E-state index in [-0.39, 0.29) is 6.04 Å². The molecule has 21 heavy (non-hydrogen) atoms. The number of hydrogen-bond donors (Lipinski definition) is 2. The van der Waals surface area contributed by atoms with Crippen molar-refractivity contribution >= 4 is 10.0 Å². The average molecular weight is 312 g/mol. The van der Waals surface area contributed by atoms with Crippen LogP contribution in [0, 0.1) is 0 Å². The van der Waals surface area contributed by atoms with Gasteiger partial charge in [0.25, 0.3) is 0 Å². The van der Waals surface area contributed by atoms with Crippen LogP contribution in [0.3, 0.4) is 0 Å². The molecular formula is C16H28N2O2S. The van der Waals surface area contributed by atoms with Gasteiger partial charge in [-0.3, -0.25) is 0 Å². The third kappa shape index (κ3) is 6.59. The molecule has 120 valence electrons. The maximum Gasteiger partial charge on any atom is 0.240 e. The zero-order valence-corrected chi connectivity index (χ0v) is 14.3. The minimum atomic E-state index is -3.39. The van der Waals surface area contributed by atoms with Gasteiger partial charge in [-0.15, -0.1) is 0 Å². The monoisotopic (exact) mass is 312 g/mol. The average Bonchev–Trinajstić information content (AvgIpc) is 2.43. The highest BCUT2D eigenvalue weighted by molar-refractivity contribution is 7.89. The first-order valence-electron chi connectivity index (χ1n) is 7.69. The van der Waals surface area contributed by atoms with Gasteiger partial charge in [0.15, 0.2) is 0 Å². The summed E-state index contributed by atoms with van der Waals surface area (Å²) in [5.74, 6) is 0. The Morgan fingerprint density at radius 2 is 1.71 bits per heavy atom. The van der Waals surface area contributed by atoms with E-state index in [1.165, 1.54) is 5.56 Å².